The number of imidazole rings is 1. The minimum absolute atomic E-state index is 0.645. The van der Waals surface area contributed by atoms with Gasteiger partial charge in [-0.15, -0.1) is 0 Å². The third-order valence-corrected chi connectivity index (χ3v) is 2.40. The molecule has 4 heteroatoms. The summed E-state index contributed by atoms with van der Waals surface area (Å²) in [4.78, 5) is 14.7. The Kier molecular flexibility index (Phi) is 2.45. The number of hydrogen-bond acceptors (Lipinski definition) is 2. The summed E-state index contributed by atoms with van der Waals surface area (Å²) < 4.78 is 2.74. The largest absolute Gasteiger partial charge is 0.306 e. The van der Waals surface area contributed by atoms with Gasteiger partial charge < -0.3 is 4.57 Å². The molecule has 0 atom stereocenters. The first-order valence-corrected chi connectivity index (χ1v) is 4.83. The molecule has 0 amide bonds. The molecule has 0 unspecified atom stereocenters. The average molecular weight is 251 g/mol. The quantitative estimate of drug-likeness (QED) is 0.768. The topological polar surface area (TPSA) is 34.9 Å². The summed E-state index contributed by atoms with van der Waals surface area (Å²) in [5, 5.41) is 0. The second kappa shape index (κ2) is 3.75. The van der Waals surface area contributed by atoms with Gasteiger partial charge >= 0.3 is 0 Å². The van der Waals surface area contributed by atoms with Crippen LogP contribution < -0.4 is 0 Å². The van der Waals surface area contributed by atoms with Crippen LogP contribution in [0.5, 0.6) is 0 Å². The first kappa shape index (κ1) is 9.15. The second-order valence-electron chi connectivity index (χ2n) is 2.79. The number of rotatable bonds is 2. The zero-order valence-corrected chi connectivity index (χ0v) is 8.81. The van der Waals surface area contributed by atoms with Gasteiger partial charge in [-0.05, 0) is 18.2 Å². The molecule has 0 saturated heterocycles. The fourth-order valence-electron chi connectivity index (χ4n) is 1.24. The van der Waals surface area contributed by atoms with E-state index in [0.29, 0.717) is 5.56 Å². The zero-order valence-electron chi connectivity index (χ0n) is 7.22. The highest BCUT2D eigenvalue weighted by Crippen LogP contribution is 2.18. The Bertz CT molecular complexity index is 451. The molecular formula is C10H7BrN2O. The average Bonchev–Trinajstić information content (AvgIpc) is 2.70. The highest BCUT2D eigenvalue weighted by Gasteiger charge is 2.03. The molecule has 0 fully saturated rings. The van der Waals surface area contributed by atoms with Gasteiger partial charge in [0.05, 0.1) is 12.0 Å². The van der Waals surface area contributed by atoms with E-state index < -0.39 is 0 Å². The van der Waals surface area contributed by atoms with Crippen LogP contribution in [0.15, 0.2) is 41.4 Å². The molecule has 1 aromatic carbocycles. The molecule has 1 aromatic heterocycles. The Labute approximate surface area is 89.5 Å². The van der Waals surface area contributed by atoms with Crippen LogP contribution in [-0.2, 0) is 0 Å². The Morgan fingerprint density at radius 3 is 2.93 bits per heavy atom. The lowest BCUT2D eigenvalue weighted by atomic mass is 10.2. The monoisotopic (exact) mass is 250 g/mol. The lowest BCUT2D eigenvalue weighted by Gasteiger charge is -2.05. The maximum atomic E-state index is 10.8. The molecule has 0 N–H and O–H groups in total. The number of carbonyl (C=O) groups is 1. The minimum atomic E-state index is 0.645. The van der Waals surface area contributed by atoms with Gasteiger partial charge in [-0.3, -0.25) is 4.79 Å². The number of aromatic nitrogens is 2. The molecule has 0 bridgehead atoms. The van der Waals surface area contributed by atoms with Crippen LogP contribution in [0, 0.1) is 0 Å². The lowest BCUT2D eigenvalue weighted by molar-refractivity contribution is 0.112. The normalized spacial score (nSPS) is 10.1. The van der Waals surface area contributed by atoms with E-state index in [2.05, 4.69) is 20.9 Å². The van der Waals surface area contributed by atoms with Crippen molar-refractivity contribution in [3.8, 4) is 5.69 Å². The molecule has 3 nitrogen and oxygen atoms in total. The van der Waals surface area contributed by atoms with Gasteiger partial charge in [-0.25, -0.2) is 4.98 Å². The van der Waals surface area contributed by atoms with Gasteiger partial charge in [0.2, 0.25) is 0 Å². The van der Waals surface area contributed by atoms with Crippen molar-refractivity contribution in [1.29, 1.82) is 0 Å². The molecule has 1 heterocycles. The van der Waals surface area contributed by atoms with Crippen LogP contribution in [0.2, 0.25) is 0 Å². The van der Waals surface area contributed by atoms with Gasteiger partial charge in [0, 0.05) is 22.4 Å². The van der Waals surface area contributed by atoms with Gasteiger partial charge in [-0.2, -0.15) is 0 Å². The van der Waals surface area contributed by atoms with E-state index in [1.807, 2.05) is 12.1 Å². The first-order chi connectivity index (χ1) is 6.81. The summed E-state index contributed by atoms with van der Waals surface area (Å²) in [5.74, 6) is 0. The van der Waals surface area contributed by atoms with Crippen molar-refractivity contribution in [2.45, 2.75) is 0 Å². The predicted octanol–water partition coefficient (Wildman–Crippen LogP) is 2.45. The van der Waals surface area contributed by atoms with Crippen molar-refractivity contribution in [3.05, 3.63) is 47.0 Å². The van der Waals surface area contributed by atoms with Crippen molar-refractivity contribution in [3.63, 3.8) is 0 Å². The summed E-state index contributed by atoms with van der Waals surface area (Å²) in [6.45, 7) is 0. The number of aldehydes is 1. The van der Waals surface area contributed by atoms with Gasteiger partial charge in [0.25, 0.3) is 0 Å². The molecule has 0 saturated carbocycles. The third-order valence-electron chi connectivity index (χ3n) is 1.90. The summed E-state index contributed by atoms with van der Waals surface area (Å²) in [6, 6.07) is 5.49. The van der Waals surface area contributed by atoms with E-state index in [1.54, 1.807) is 29.4 Å². The number of halogens is 1. The van der Waals surface area contributed by atoms with E-state index >= 15 is 0 Å². The van der Waals surface area contributed by atoms with Crippen LogP contribution in [0.4, 0.5) is 0 Å². The molecule has 2 rings (SSSR count). The van der Waals surface area contributed by atoms with E-state index in [1.165, 1.54) is 0 Å². The van der Waals surface area contributed by atoms with Crippen molar-refractivity contribution in [2.75, 3.05) is 0 Å². The van der Waals surface area contributed by atoms with Crippen LogP contribution in [0.25, 0.3) is 5.69 Å². The van der Waals surface area contributed by atoms with Crippen LogP contribution in [0.3, 0.4) is 0 Å². The van der Waals surface area contributed by atoms with Crippen molar-refractivity contribution >= 4 is 22.2 Å². The van der Waals surface area contributed by atoms with Gasteiger partial charge in [0.15, 0.2) is 6.29 Å². The molecule has 0 aliphatic carbocycles. The van der Waals surface area contributed by atoms with Crippen molar-refractivity contribution in [1.82, 2.24) is 9.55 Å². The van der Waals surface area contributed by atoms with E-state index in [0.717, 1.165) is 16.4 Å². The number of benzene rings is 1. The van der Waals surface area contributed by atoms with Crippen LogP contribution in [-0.4, -0.2) is 15.8 Å². The first-order valence-electron chi connectivity index (χ1n) is 4.04. The number of nitrogens with zero attached hydrogens (tertiary/aromatic N) is 2. The highest BCUT2D eigenvalue weighted by molar-refractivity contribution is 9.10. The Morgan fingerprint density at radius 2 is 2.29 bits per heavy atom. The summed E-state index contributed by atoms with van der Waals surface area (Å²) in [6.07, 6.45) is 5.97. The van der Waals surface area contributed by atoms with Crippen molar-refractivity contribution in [2.24, 2.45) is 0 Å². The zero-order chi connectivity index (χ0) is 9.97. The lowest BCUT2D eigenvalue weighted by Crippen LogP contribution is -1.95. The van der Waals surface area contributed by atoms with E-state index in [9.17, 15) is 4.79 Å². The van der Waals surface area contributed by atoms with E-state index in [4.69, 9.17) is 0 Å². The van der Waals surface area contributed by atoms with Crippen LogP contribution >= 0.6 is 15.9 Å². The Hall–Kier alpha value is -1.42. The summed E-state index contributed by atoms with van der Waals surface area (Å²) in [7, 11) is 0. The highest BCUT2D eigenvalue weighted by atomic mass is 79.9. The fraction of sp³-hybridized carbons (Fsp3) is 0. The standard InChI is InChI=1S/C10H7BrN2O/c11-9-2-1-8(6-14)10(5-9)13-4-3-12-7-13/h1-7H. The number of carbonyl (C=O) groups excluding carboxylic acids is 1. The summed E-state index contributed by atoms with van der Waals surface area (Å²) in [5.41, 5.74) is 1.47. The third kappa shape index (κ3) is 1.61. The predicted molar refractivity (Wildman–Crippen MR) is 56.7 cm³/mol. The second-order valence-corrected chi connectivity index (χ2v) is 3.71. The molecule has 70 valence electrons. The maximum Gasteiger partial charge on any atom is 0.152 e. The molecule has 0 aliphatic rings. The SMILES string of the molecule is O=Cc1ccc(Br)cc1-n1ccnc1. The van der Waals surface area contributed by atoms with Crippen molar-refractivity contribution < 1.29 is 4.79 Å². The Morgan fingerprint density at radius 1 is 1.43 bits per heavy atom. The minimum Gasteiger partial charge on any atom is -0.306 e. The van der Waals surface area contributed by atoms with Gasteiger partial charge in [-0.1, -0.05) is 15.9 Å². The molecule has 2 aromatic rings. The van der Waals surface area contributed by atoms with Crippen LogP contribution in [0.1, 0.15) is 10.4 Å². The molecule has 0 radical (unpaired) electrons. The van der Waals surface area contributed by atoms with E-state index in [-0.39, 0.29) is 0 Å². The molecule has 14 heavy (non-hydrogen) atoms. The summed E-state index contributed by atoms with van der Waals surface area (Å²) >= 11 is 3.36. The Balaban J connectivity index is 2.61. The fourth-order valence-corrected chi connectivity index (χ4v) is 1.59. The maximum absolute atomic E-state index is 10.8. The molecule has 0 spiro atoms. The smallest absolute Gasteiger partial charge is 0.152 e. The van der Waals surface area contributed by atoms with Gasteiger partial charge in [0.1, 0.15) is 0 Å². The molecule has 0 aliphatic heterocycles. The molecular weight excluding hydrogens is 244 g/mol. The number of hydrogen-bond donors (Lipinski definition) is 0.